The molecule has 1 N–H and O–H groups in total. The maximum atomic E-state index is 13.3. The fourth-order valence-corrected chi connectivity index (χ4v) is 4.79. The van der Waals surface area contributed by atoms with E-state index in [9.17, 15) is 14.0 Å². The summed E-state index contributed by atoms with van der Waals surface area (Å²) < 4.78 is 25.9. The lowest BCUT2D eigenvalue weighted by molar-refractivity contribution is -0.113. The number of nitrogens with one attached hydrogen (secondary N) is 1. The Morgan fingerprint density at radius 3 is 2.86 bits per heavy atom. The highest BCUT2D eigenvalue weighted by molar-refractivity contribution is 7.99. The molecule has 13 heteroatoms. The molecule has 0 aliphatic heterocycles. The van der Waals surface area contributed by atoms with Gasteiger partial charge >= 0.3 is 5.97 Å². The van der Waals surface area contributed by atoms with E-state index in [1.54, 1.807) is 31.4 Å². The van der Waals surface area contributed by atoms with Gasteiger partial charge in [-0.25, -0.2) is 14.2 Å². The lowest BCUT2D eigenvalue weighted by Gasteiger charge is -2.16. The molecule has 0 bridgehead atoms. The first kappa shape index (κ1) is 26.6. The summed E-state index contributed by atoms with van der Waals surface area (Å²) in [5.74, 6) is -0.434. The minimum atomic E-state index is -0.562. The number of esters is 1. The Balaban J connectivity index is 1.66. The maximum Gasteiger partial charge on any atom is 0.350 e. The number of hydrogen-bond donors (Lipinski definition) is 1. The SMILES string of the molecule is C=CCn1c(SCC(=O)Nc2nc(C)c(C(=O)OCC)s2)nnc1C(C)Oc1ccc(F)cc1Cl. The number of ether oxygens (including phenoxy) is 2. The summed E-state index contributed by atoms with van der Waals surface area (Å²) in [5.41, 5.74) is 0.488. The maximum absolute atomic E-state index is 13.3. The zero-order valence-electron chi connectivity index (χ0n) is 19.2. The molecular weight excluding hydrogens is 517 g/mol. The summed E-state index contributed by atoms with van der Waals surface area (Å²) in [6.07, 6.45) is 1.11. The van der Waals surface area contributed by atoms with Gasteiger partial charge in [0.15, 0.2) is 22.2 Å². The lowest BCUT2D eigenvalue weighted by Crippen LogP contribution is -2.15. The summed E-state index contributed by atoms with van der Waals surface area (Å²) in [4.78, 5) is 29.0. The number of thioether (sulfide) groups is 1. The number of halogens is 2. The zero-order chi connectivity index (χ0) is 25.5. The van der Waals surface area contributed by atoms with Crippen LogP contribution in [0.2, 0.25) is 5.02 Å². The predicted molar refractivity (Wildman–Crippen MR) is 133 cm³/mol. The standard InChI is InChI=1S/C22H23ClFN5O4S2/c1-5-9-29-19(13(4)33-16-8-7-14(24)10-15(16)23)27-28-22(29)34-11-17(30)26-21-25-12(3)18(35-21)20(31)32-6-2/h5,7-8,10,13H,1,6,9,11H2,2-4H3,(H,25,26,30). The van der Waals surface area contributed by atoms with Crippen molar-refractivity contribution in [1.29, 1.82) is 0 Å². The molecule has 1 amide bonds. The predicted octanol–water partition coefficient (Wildman–Crippen LogP) is 5.07. The molecule has 3 aromatic rings. The van der Waals surface area contributed by atoms with Crippen LogP contribution in [0, 0.1) is 12.7 Å². The fraction of sp³-hybridized carbons (Fsp3) is 0.318. The third-order valence-electron chi connectivity index (χ3n) is 4.45. The molecule has 35 heavy (non-hydrogen) atoms. The van der Waals surface area contributed by atoms with Crippen LogP contribution in [0.15, 0.2) is 36.0 Å². The van der Waals surface area contributed by atoms with E-state index in [4.69, 9.17) is 21.1 Å². The van der Waals surface area contributed by atoms with Crippen molar-refractivity contribution >= 4 is 51.7 Å². The molecule has 0 aliphatic carbocycles. The van der Waals surface area contributed by atoms with Gasteiger partial charge in [-0.1, -0.05) is 40.8 Å². The summed E-state index contributed by atoms with van der Waals surface area (Å²) in [7, 11) is 0. The molecule has 0 spiro atoms. The van der Waals surface area contributed by atoms with Gasteiger partial charge in [0.2, 0.25) is 5.91 Å². The monoisotopic (exact) mass is 539 g/mol. The van der Waals surface area contributed by atoms with Gasteiger partial charge in [0.25, 0.3) is 0 Å². The number of carbonyl (C=O) groups is 2. The highest BCUT2D eigenvalue weighted by atomic mass is 35.5. The number of benzene rings is 1. The molecule has 0 aliphatic rings. The van der Waals surface area contributed by atoms with E-state index in [0.29, 0.717) is 39.0 Å². The second-order valence-corrected chi connectivity index (χ2v) is 9.41. The first-order chi connectivity index (χ1) is 16.7. The largest absolute Gasteiger partial charge is 0.481 e. The highest BCUT2D eigenvalue weighted by Crippen LogP contribution is 2.30. The smallest absolute Gasteiger partial charge is 0.350 e. The molecule has 2 aromatic heterocycles. The molecule has 2 heterocycles. The molecule has 0 fully saturated rings. The van der Waals surface area contributed by atoms with Crippen LogP contribution in [0.3, 0.4) is 0 Å². The molecule has 1 atom stereocenters. The number of anilines is 1. The second kappa shape index (κ2) is 12.1. The molecule has 9 nitrogen and oxygen atoms in total. The number of aryl methyl sites for hydroxylation is 1. The Bertz CT molecular complexity index is 1230. The number of thiazole rings is 1. The molecule has 1 unspecified atom stereocenters. The van der Waals surface area contributed by atoms with Gasteiger partial charge in [-0.2, -0.15) is 0 Å². The van der Waals surface area contributed by atoms with Crippen molar-refractivity contribution in [2.75, 3.05) is 17.7 Å². The Morgan fingerprint density at radius 1 is 1.40 bits per heavy atom. The van der Waals surface area contributed by atoms with Gasteiger partial charge in [-0.3, -0.25) is 9.36 Å². The van der Waals surface area contributed by atoms with Crippen LogP contribution in [0.1, 0.15) is 41.1 Å². The molecule has 0 saturated carbocycles. The summed E-state index contributed by atoms with van der Waals surface area (Å²) >= 11 is 8.29. The van der Waals surface area contributed by atoms with Crippen molar-refractivity contribution in [3.63, 3.8) is 0 Å². The first-order valence-electron chi connectivity index (χ1n) is 10.5. The third kappa shape index (κ3) is 6.80. The number of aromatic nitrogens is 4. The van der Waals surface area contributed by atoms with E-state index >= 15 is 0 Å². The van der Waals surface area contributed by atoms with Gasteiger partial charge in [-0.05, 0) is 39.0 Å². The van der Waals surface area contributed by atoms with Crippen LogP contribution in [-0.2, 0) is 16.1 Å². The van der Waals surface area contributed by atoms with Crippen LogP contribution >= 0.6 is 34.7 Å². The van der Waals surface area contributed by atoms with Gasteiger partial charge in [0.1, 0.15) is 16.4 Å². The lowest BCUT2D eigenvalue weighted by atomic mass is 10.3. The molecule has 1 aromatic carbocycles. The number of allylic oxidation sites excluding steroid dienone is 1. The van der Waals surface area contributed by atoms with Gasteiger partial charge in [-0.15, -0.1) is 16.8 Å². The topological polar surface area (TPSA) is 108 Å². The van der Waals surface area contributed by atoms with E-state index in [2.05, 4.69) is 27.1 Å². The van der Waals surface area contributed by atoms with E-state index in [-0.39, 0.29) is 23.3 Å². The minimum Gasteiger partial charge on any atom is -0.481 e. The van der Waals surface area contributed by atoms with Gasteiger partial charge in [0, 0.05) is 6.54 Å². The molecule has 3 rings (SSSR count). The van der Waals surface area contributed by atoms with Crippen molar-refractivity contribution in [3.05, 3.63) is 58.1 Å². The molecule has 186 valence electrons. The molecule has 0 saturated heterocycles. The van der Waals surface area contributed by atoms with Crippen LogP contribution in [0.4, 0.5) is 9.52 Å². The fourth-order valence-electron chi connectivity index (χ4n) is 2.94. The Morgan fingerprint density at radius 2 is 2.17 bits per heavy atom. The quantitative estimate of drug-likeness (QED) is 0.204. The summed E-state index contributed by atoms with van der Waals surface area (Å²) in [6, 6.07) is 3.86. The normalized spacial score (nSPS) is 11.7. The minimum absolute atomic E-state index is 0.0294. The number of nitrogens with zero attached hydrogens (tertiary/aromatic N) is 4. The first-order valence-corrected chi connectivity index (χ1v) is 12.6. The number of hydrogen-bond acceptors (Lipinski definition) is 9. The van der Waals surface area contributed by atoms with Crippen molar-refractivity contribution in [2.45, 2.75) is 38.6 Å². The number of amides is 1. The summed E-state index contributed by atoms with van der Waals surface area (Å²) in [6.45, 7) is 9.55. The van der Waals surface area contributed by atoms with E-state index in [0.717, 1.165) is 17.4 Å². The van der Waals surface area contributed by atoms with E-state index in [1.165, 1.54) is 23.9 Å². The van der Waals surface area contributed by atoms with Crippen molar-refractivity contribution < 1.29 is 23.5 Å². The van der Waals surface area contributed by atoms with Crippen LogP contribution in [-0.4, -0.2) is 44.0 Å². The van der Waals surface area contributed by atoms with Crippen LogP contribution in [0.25, 0.3) is 0 Å². The van der Waals surface area contributed by atoms with Crippen molar-refractivity contribution in [2.24, 2.45) is 0 Å². The van der Waals surface area contributed by atoms with Gasteiger partial charge < -0.3 is 14.8 Å². The van der Waals surface area contributed by atoms with Crippen LogP contribution in [0.5, 0.6) is 5.75 Å². The second-order valence-electron chi connectivity index (χ2n) is 7.07. The Kier molecular flexibility index (Phi) is 9.24. The Hall–Kier alpha value is -2.96. The number of rotatable bonds is 11. The van der Waals surface area contributed by atoms with Crippen molar-refractivity contribution in [3.8, 4) is 5.75 Å². The highest BCUT2D eigenvalue weighted by Gasteiger charge is 2.22. The van der Waals surface area contributed by atoms with E-state index < -0.39 is 17.9 Å². The van der Waals surface area contributed by atoms with Gasteiger partial charge in [0.05, 0.1) is 23.1 Å². The third-order valence-corrected chi connectivity index (χ3v) is 6.77. The zero-order valence-corrected chi connectivity index (χ0v) is 21.6. The van der Waals surface area contributed by atoms with E-state index in [1.807, 2.05) is 0 Å². The number of carbonyl (C=O) groups excluding carboxylic acids is 2. The average molecular weight is 540 g/mol. The average Bonchev–Trinajstić information content (AvgIpc) is 3.37. The Labute approximate surface area is 214 Å². The van der Waals surface area contributed by atoms with Crippen molar-refractivity contribution in [1.82, 2.24) is 19.7 Å². The molecule has 0 radical (unpaired) electrons. The summed E-state index contributed by atoms with van der Waals surface area (Å²) in [5, 5.41) is 12.0. The molecular formula is C22H23ClFN5O4S2. The van der Waals surface area contributed by atoms with Crippen LogP contribution < -0.4 is 10.1 Å².